The first-order valence-corrected chi connectivity index (χ1v) is 6.01. The molecule has 0 atom stereocenters. The Balaban J connectivity index is 2.53. The predicted molar refractivity (Wildman–Crippen MR) is 53.1 cm³/mol. The van der Waals surface area contributed by atoms with Crippen molar-refractivity contribution >= 4 is 10.0 Å². The first-order chi connectivity index (χ1) is 5.85. The summed E-state index contributed by atoms with van der Waals surface area (Å²) < 4.78 is 24.5. The molecule has 13 heavy (non-hydrogen) atoms. The number of nitrogens with zero attached hydrogens (tertiary/aromatic N) is 2. The lowest BCUT2D eigenvalue weighted by molar-refractivity contribution is 0.140. The Hall–Kier alpha value is -0.130. The summed E-state index contributed by atoms with van der Waals surface area (Å²) in [4.78, 5) is 2.16. The third-order valence-corrected chi connectivity index (χ3v) is 4.70. The lowest BCUT2D eigenvalue weighted by Gasteiger charge is -2.42. The summed E-state index contributed by atoms with van der Waals surface area (Å²) in [6.07, 6.45) is 0. The second-order valence-corrected chi connectivity index (χ2v) is 6.42. The van der Waals surface area contributed by atoms with E-state index in [0.29, 0.717) is 19.1 Å². The van der Waals surface area contributed by atoms with Crippen molar-refractivity contribution in [1.29, 1.82) is 0 Å². The molecule has 1 aliphatic heterocycles. The molecule has 0 saturated carbocycles. The summed E-state index contributed by atoms with van der Waals surface area (Å²) in [5, 5.41) is -0.190. The summed E-state index contributed by atoms with van der Waals surface area (Å²) in [6, 6.07) is 0.452. The number of hydrogen-bond acceptors (Lipinski definition) is 3. The van der Waals surface area contributed by atoms with E-state index >= 15 is 0 Å². The van der Waals surface area contributed by atoms with Crippen molar-refractivity contribution in [2.45, 2.75) is 25.1 Å². The minimum Gasteiger partial charge on any atom is -0.298 e. The van der Waals surface area contributed by atoms with Crippen LogP contribution in [0.15, 0.2) is 0 Å². The fourth-order valence-corrected chi connectivity index (χ4v) is 2.73. The predicted octanol–water partition coefficient (Wildman–Crippen LogP) is -0.0296. The molecular formula is C8H18N2O2S. The van der Waals surface area contributed by atoms with Crippen LogP contribution in [0.5, 0.6) is 0 Å². The van der Waals surface area contributed by atoms with Gasteiger partial charge in [-0.1, -0.05) is 0 Å². The maximum Gasteiger partial charge on any atom is 0.219 e. The van der Waals surface area contributed by atoms with E-state index in [9.17, 15) is 8.42 Å². The number of sulfonamides is 1. The molecule has 0 radical (unpaired) electrons. The third-order valence-electron chi connectivity index (χ3n) is 2.54. The molecule has 0 aromatic heterocycles. The monoisotopic (exact) mass is 206 g/mol. The topological polar surface area (TPSA) is 40.6 Å². The van der Waals surface area contributed by atoms with Crippen molar-refractivity contribution in [3.8, 4) is 0 Å². The quantitative estimate of drug-likeness (QED) is 0.651. The van der Waals surface area contributed by atoms with Crippen molar-refractivity contribution in [3.05, 3.63) is 0 Å². The summed E-state index contributed by atoms with van der Waals surface area (Å²) >= 11 is 0. The highest BCUT2D eigenvalue weighted by atomic mass is 32.2. The molecule has 0 unspecified atom stereocenters. The maximum atomic E-state index is 11.6. The Morgan fingerprint density at radius 2 is 1.77 bits per heavy atom. The van der Waals surface area contributed by atoms with Crippen LogP contribution < -0.4 is 0 Å². The average Bonchev–Trinajstić information content (AvgIpc) is 1.80. The van der Waals surface area contributed by atoms with Gasteiger partial charge in [0.15, 0.2) is 0 Å². The first-order valence-electron chi connectivity index (χ1n) is 4.51. The zero-order valence-corrected chi connectivity index (χ0v) is 9.50. The van der Waals surface area contributed by atoms with Crippen LogP contribution >= 0.6 is 0 Å². The zero-order chi connectivity index (χ0) is 10.2. The number of rotatable bonds is 3. The van der Waals surface area contributed by atoms with Gasteiger partial charge in [-0.25, -0.2) is 12.7 Å². The fraction of sp³-hybridized carbons (Fsp3) is 1.00. The highest BCUT2D eigenvalue weighted by Gasteiger charge is 2.39. The van der Waals surface area contributed by atoms with E-state index in [1.165, 1.54) is 4.31 Å². The summed E-state index contributed by atoms with van der Waals surface area (Å²) in [7, 11) is 0.166. The Bertz CT molecular complexity index is 266. The largest absolute Gasteiger partial charge is 0.298 e. The fourth-order valence-electron chi connectivity index (χ4n) is 1.38. The minimum absolute atomic E-state index is 0.190. The standard InChI is InChI=1S/C8H18N2O2S/c1-7(2)10-5-8(6-10)13(11,12)9(3)4/h7-8H,5-6H2,1-4H3. The van der Waals surface area contributed by atoms with Gasteiger partial charge in [0.25, 0.3) is 0 Å². The smallest absolute Gasteiger partial charge is 0.219 e. The minimum atomic E-state index is -3.01. The van der Waals surface area contributed by atoms with Gasteiger partial charge in [-0.15, -0.1) is 0 Å². The molecule has 0 N–H and O–H groups in total. The van der Waals surface area contributed by atoms with Crippen molar-refractivity contribution in [1.82, 2.24) is 9.21 Å². The maximum absolute atomic E-state index is 11.6. The Kier molecular flexibility index (Phi) is 2.99. The van der Waals surface area contributed by atoms with E-state index in [4.69, 9.17) is 0 Å². The zero-order valence-electron chi connectivity index (χ0n) is 8.69. The molecule has 78 valence electrons. The molecule has 5 heteroatoms. The van der Waals surface area contributed by atoms with Crippen molar-refractivity contribution in [2.75, 3.05) is 27.2 Å². The second-order valence-electron chi connectivity index (χ2n) is 4.00. The van der Waals surface area contributed by atoms with E-state index < -0.39 is 10.0 Å². The Morgan fingerprint density at radius 1 is 1.31 bits per heavy atom. The van der Waals surface area contributed by atoms with Crippen LogP contribution in [-0.4, -0.2) is 56.1 Å². The van der Waals surface area contributed by atoms with Gasteiger partial charge >= 0.3 is 0 Å². The van der Waals surface area contributed by atoms with E-state index in [2.05, 4.69) is 18.7 Å². The normalized spacial score (nSPS) is 21.1. The molecule has 1 aliphatic rings. The van der Waals surface area contributed by atoms with Gasteiger partial charge in [0.2, 0.25) is 10.0 Å². The SMILES string of the molecule is CC(C)N1CC(S(=O)(=O)N(C)C)C1. The van der Waals surface area contributed by atoms with Crippen molar-refractivity contribution in [3.63, 3.8) is 0 Å². The molecule has 1 fully saturated rings. The van der Waals surface area contributed by atoms with E-state index in [-0.39, 0.29) is 5.25 Å². The van der Waals surface area contributed by atoms with Crippen LogP contribution in [0.3, 0.4) is 0 Å². The van der Waals surface area contributed by atoms with Gasteiger partial charge in [-0.2, -0.15) is 0 Å². The Morgan fingerprint density at radius 3 is 2.08 bits per heavy atom. The van der Waals surface area contributed by atoms with Crippen LogP contribution in [-0.2, 0) is 10.0 Å². The third kappa shape index (κ3) is 2.03. The van der Waals surface area contributed by atoms with Crippen LogP contribution in [0.2, 0.25) is 0 Å². The lowest BCUT2D eigenvalue weighted by Crippen LogP contribution is -2.59. The van der Waals surface area contributed by atoms with Crippen LogP contribution in [0.25, 0.3) is 0 Å². The van der Waals surface area contributed by atoms with E-state index in [1.807, 2.05) is 0 Å². The van der Waals surface area contributed by atoms with E-state index in [1.54, 1.807) is 14.1 Å². The van der Waals surface area contributed by atoms with Crippen LogP contribution in [0, 0.1) is 0 Å². The molecule has 0 bridgehead atoms. The van der Waals surface area contributed by atoms with Gasteiger partial charge in [0.1, 0.15) is 5.25 Å². The molecule has 0 aliphatic carbocycles. The van der Waals surface area contributed by atoms with E-state index in [0.717, 1.165) is 0 Å². The highest BCUT2D eigenvalue weighted by molar-refractivity contribution is 7.89. The van der Waals surface area contributed by atoms with Crippen LogP contribution in [0.4, 0.5) is 0 Å². The van der Waals surface area contributed by atoms with Crippen LogP contribution in [0.1, 0.15) is 13.8 Å². The van der Waals surface area contributed by atoms with Gasteiger partial charge < -0.3 is 0 Å². The molecular weight excluding hydrogens is 188 g/mol. The molecule has 4 nitrogen and oxygen atoms in total. The van der Waals surface area contributed by atoms with Gasteiger partial charge in [-0.05, 0) is 13.8 Å². The molecule has 1 heterocycles. The first kappa shape index (κ1) is 10.9. The molecule has 1 rings (SSSR count). The van der Waals surface area contributed by atoms with Crippen molar-refractivity contribution in [2.24, 2.45) is 0 Å². The molecule has 0 aromatic rings. The van der Waals surface area contributed by atoms with Gasteiger partial charge in [-0.3, -0.25) is 4.90 Å². The summed E-state index contributed by atoms with van der Waals surface area (Å²) in [5.41, 5.74) is 0. The second kappa shape index (κ2) is 3.55. The molecule has 0 aromatic carbocycles. The lowest BCUT2D eigenvalue weighted by atomic mass is 10.1. The summed E-state index contributed by atoms with van der Waals surface area (Å²) in [6.45, 7) is 5.52. The number of likely N-dealkylation sites (tertiary alicyclic amines) is 1. The highest BCUT2D eigenvalue weighted by Crippen LogP contribution is 2.20. The van der Waals surface area contributed by atoms with Gasteiger partial charge in [0, 0.05) is 33.2 Å². The molecule has 0 amide bonds. The molecule has 1 saturated heterocycles. The van der Waals surface area contributed by atoms with Gasteiger partial charge in [0.05, 0.1) is 0 Å². The van der Waals surface area contributed by atoms with Crippen molar-refractivity contribution < 1.29 is 8.42 Å². The molecule has 0 spiro atoms. The average molecular weight is 206 g/mol. The summed E-state index contributed by atoms with van der Waals surface area (Å²) in [5.74, 6) is 0. The number of hydrogen-bond donors (Lipinski definition) is 0. The Labute approximate surface area is 80.6 Å².